The van der Waals surface area contributed by atoms with Crippen molar-refractivity contribution in [3.63, 3.8) is 0 Å². The van der Waals surface area contributed by atoms with E-state index in [0.717, 1.165) is 17.1 Å². The van der Waals surface area contributed by atoms with Crippen molar-refractivity contribution in [3.05, 3.63) is 42.5 Å². The zero-order chi connectivity index (χ0) is 16.9. The Morgan fingerprint density at radius 2 is 1.71 bits per heavy atom. The third-order valence-electron chi connectivity index (χ3n) is 4.35. The molecular weight excluding hydrogens is 348 g/mol. The number of sulfonamides is 1. The average molecular weight is 362 g/mol. The van der Waals surface area contributed by atoms with Crippen LogP contribution in [0.15, 0.2) is 47.4 Å². The molecule has 2 saturated heterocycles. The van der Waals surface area contributed by atoms with Crippen molar-refractivity contribution >= 4 is 43.7 Å². The molecule has 0 N–H and O–H groups in total. The van der Waals surface area contributed by atoms with Crippen LogP contribution in [0.1, 0.15) is 0 Å². The summed E-state index contributed by atoms with van der Waals surface area (Å²) in [5.41, 5.74) is 0. The molecule has 0 bridgehead atoms. The molecule has 0 aromatic heterocycles. The normalized spacial score (nSPS) is 19.9. The van der Waals surface area contributed by atoms with Crippen molar-refractivity contribution in [2.24, 2.45) is 0 Å². The summed E-state index contributed by atoms with van der Waals surface area (Å²) in [6, 6.07) is 12.1. The number of nitrogens with zero attached hydrogens (tertiary/aromatic N) is 2. The van der Waals surface area contributed by atoms with E-state index in [9.17, 15) is 18.0 Å². The fourth-order valence-electron chi connectivity index (χ4n) is 3.05. The Morgan fingerprint density at radius 3 is 2.42 bits per heavy atom. The molecule has 24 heavy (non-hydrogen) atoms. The first-order valence-corrected chi connectivity index (χ1v) is 9.88. The molecule has 2 aliphatic heterocycles. The second-order valence-electron chi connectivity index (χ2n) is 5.77. The Balaban J connectivity index is 1.61. The predicted molar refractivity (Wildman–Crippen MR) is 91.2 cm³/mol. The van der Waals surface area contributed by atoms with Gasteiger partial charge in [-0.15, -0.1) is 0 Å². The van der Waals surface area contributed by atoms with Crippen LogP contribution >= 0.6 is 11.8 Å². The van der Waals surface area contributed by atoms with E-state index in [0.29, 0.717) is 5.39 Å². The van der Waals surface area contributed by atoms with E-state index in [-0.39, 0.29) is 40.9 Å². The van der Waals surface area contributed by atoms with Crippen molar-refractivity contribution < 1.29 is 18.0 Å². The number of imide groups is 1. The van der Waals surface area contributed by atoms with Gasteiger partial charge in [0.05, 0.1) is 16.7 Å². The lowest BCUT2D eigenvalue weighted by Crippen LogP contribution is -2.61. The molecule has 0 atom stereocenters. The minimum Gasteiger partial charge on any atom is -0.273 e. The van der Waals surface area contributed by atoms with Crippen LogP contribution in [0, 0.1) is 0 Å². The maximum Gasteiger partial charge on any atom is 0.289 e. The van der Waals surface area contributed by atoms with Crippen molar-refractivity contribution in [1.82, 2.24) is 9.21 Å². The smallest absolute Gasteiger partial charge is 0.273 e. The van der Waals surface area contributed by atoms with Crippen molar-refractivity contribution in [2.75, 3.05) is 18.8 Å². The van der Waals surface area contributed by atoms with Crippen LogP contribution in [-0.4, -0.2) is 53.7 Å². The number of thioether (sulfide) groups is 1. The summed E-state index contributed by atoms with van der Waals surface area (Å²) in [7, 11) is -3.65. The van der Waals surface area contributed by atoms with E-state index in [2.05, 4.69) is 0 Å². The summed E-state index contributed by atoms with van der Waals surface area (Å²) in [6.45, 7) is 0.313. The molecule has 2 aliphatic rings. The molecule has 4 rings (SSSR count). The van der Waals surface area contributed by atoms with E-state index in [4.69, 9.17) is 0 Å². The van der Waals surface area contributed by atoms with E-state index in [1.165, 1.54) is 9.21 Å². The Morgan fingerprint density at radius 1 is 1.00 bits per heavy atom. The average Bonchev–Trinajstić information content (AvgIpc) is 2.85. The SMILES string of the molecule is O=C1CSC(=O)N1C1CN(S(=O)(=O)c2cccc3ccccc23)C1. The number of rotatable bonds is 3. The lowest BCUT2D eigenvalue weighted by molar-refractivity contribution is -0.127. The van der Waals surface area contributed by atoms with Gasteiger partial charge < -0.3 is 0 Å². The second-order valence-corrected chi connectivity index (χ2v) is 8.60. The number of fused-ring (bicyclic) bond motifs is 1. The molecular formula is C16H14N2O4S2. The van der Waals surface area contributed by atoms with Crippen LogP contribution in [0.4, 0.5) is 4.79 Å². The van der Waals surface area contributed by atoms with Crippen molar-refractivity contribution in [2.45, 2.75) is 10.9 Å². The minimum atomic E-state index is -3.65. The van der Waals surface area contributed by atoms with E-state index < -0.39 is 10.0 Å². The maximum absolute atomic E-state index is 12.9. The second kappa shape index (κ2) is 5.58. The first kappa shape index (κ1) is 15.6. The van der Waals surface area contributed by atoms with Gasteiger partial charge in [0.15, 0.2) is 0 Å². The lowest BCUT2D eigenvalue weighted by Gasteiger charge is -2.41. The number of benzene rings is 2. The zero-order valence-corrected chi connectivity index (χ0v) is 14.2. The lowest BCUT2D eigenvalue weighted by atomic mass is 10.1. The minimum absolute atomic E-state index is 0.144. The van der Waals surface area contributed by atoms with Crippen LogP contribution < -0.4 is 0 Å². The maximum atomic E-state index is 12.9. The largest absolute Gasteiger partial charge is 0.289 e. The van der Waals surface area contributed by atoms with Gasteiger partial charge in [0.1, 0.15) is 0 Å². The molecule has 0 aliphatic carbocycles. The Bertz CT molecular complexity index is 930. The van der Waals surface area contributed by atoms with Gasteiger partial charge in [-0.3, -0.25) is 14.5 Å². The fourth-order valence-corrected chi connectivity index (χ4v) is 5.56. The standard InChI is InChI=1S/C16H14N2O4S2/c19-15-10-23-16(20)18(15)12-8-17(9-12)24(21,22)14-7-3-5-11-4-1-2-6-13(11)14/h1-7,12H,8-10H2. The van der Waals surface area contributed by atoms with Gasteiger partial charge in [-0.1, -0.05) is 48.2 Å². The Kier molecular flexibility index (Phi) is 3.63. The van der Waals surface area contributed by atoms with E-state index in [1.807, 2.05) is 18.2 Å². The Labute approximate surface area is 143 Å². The molecule has 0 radical (unpaired) electrons. The topological polar surface area (TPSA) is 74.8 Å². The third-order valence-corrected chi connectivity index (χ3v) is 7.07. The zero-order valence-electron chi connectivity index (χ0n) is 12.6. The molecule has 0 spiro atoms. The third kappa shape index (κ3) is 2.33. The van der Waals surface area contributed by atoms with Crippen LogP contribution in [-0.2, 0) is 14.8 Å². The van der Waals surface area contributed by atoms with Gasteiger partial charge in [0, 0.05) is 18.5 Å². The number of amides is 2. The van der Waals surface area contributed by atoms with Crippen LogP contribution in [0.2, 0.25) is 0 Å². The summed E-state index contributed by atoms with van der Waals surface area (Å²) in [5, 5.41) is 1.25. The Hall–Kier alpha value is -1.90. The van der Waals surface area contributed by atoms with Crippen LogP contribution in [0.5, 0.6) is 0 Å². The van der Waals surface area contributed by atoms with Crippen molar-refractivity contribution in [3.8, 4) is 0 Å². The molecule has 6 nitrogen and oxygen atoms in total. The van der Waals surface area contributed by atoms with Gasteiger partial charge in [-0.2, -0.15) is 4.31 Å². The highest BCUT2D eigenvalue weighted by Crippen LogP contribution is 2.32. The summed E-state index contributed by atoms with van der Waals surface area (Å²) in [5.74, 6) is -0.0944. The van der Waals surface area contributed by atoms with Gasteiger partial charge in [0.25, 0.3) is 5.24 Å². The van der Waals surface area contributed by atoms with E-state index in [1.54, 1.807) is 24.3 Å². The first-order chi connectivity index (χ1) is 11.5. The van der Waals surface area contributed by atoms with Crippen molar-refractivity contribution in [1.29, 1.82) is 0 Å². The van der Waals surface area contributed by atoms with Crippen LogP contribution in [0.25, 0.3) is 10.8 Å². The number of carbonyl (C=O) groups is 2. The monoisotopic (exact) mass is 362 g/mol. The highest BCUT2D eigenvalue weighted by Gasteiger charge is 2.46. The number of hydrogen-bond donors (Lipinski definition) is 0. The first-order valence-electron chi connectivity index (χ1n) is 7.45. The van der Waals surface area contributed by atoms with Gasteiger partial charge in [-0.25, -0.2) is 8.42 Å². The van der Waals surface area contributed by atoms with E-state index >= 15 is 0 Å². The molecule has 0 unspecified atom stereocenters. The summed E-state index contributed by atoms with van der Waals surface area (Å²) in [6.07, 6.45) is 0. The summed E-state index contributed by atoms with van der Waals surface area (Å²) < 4.78 is 27.1. The molecule has 2 aromatic carbocycles. The van der Waals surface area contributed by atoms with Gasteiger partial charge in [0.2, 0.25) is 15.9 Å². The molecule has 2 fully saturated rings. The fraction of sp³-hybridized carbons (Fsp3) is 0.250. The van der Waals surface area contributed by atoms with Gasteiger partial charge in [-0.05, 0) is 11.5 Å². The molecule has 8 heteroatoms. The van der Waals surface area contributed by atoms with Gasteiger partial charge >= 0.3 is 0 Å². The number of carbonyl (C=O) groups excluding carboxylic acids is 2. The van der Waals surface area contributed by atoms with Crippen LogP contribution in [0.3, 0.4) is 0 Å². The molecule has 2 aromatic rings. The number of hydrogen-bond acceptors (Lipinski definition) is 5. The highest BCUT2D eigenvalue weighted by atomic mass is 32.2. The predicted octanol–water partition coefficient (Wildman–Crippen LogP) is 1.91. The molecule has 2 heterocycles. The molecule has 124 valence electrons. The quantitative estimate of drug-likeness (QED) is 0.834. The highest BCUT2D eigenvalue weighted by molar-refractivity contribution is 8.14. The molecule has 0 saturated carbocycles. The summed E-state index contributed by atoms with van der Waals surface area (Å²) in [4.78, 5) is 24.9. The molecule has 2 amide bonds. The summed E-state index contributed by atoms with van der Waals surface area (Å²) >= 11 is 0.968.